The molecule has 1 N–H and O–H groups in total. The second kappa shape index (κ2) is 5.40. The van der Waals surface area contributed by atoms with Gasteiger partial charge in [-0.2, -0.15) is 0 Å². The smallest absolute Gasteiger partial charge is 0.176 e. The summed E-state index contributed by atoms with van der Waals surface area (Å²) in [5.74, 6) is -2.58. The molecule has 1 saturated heterocycles. The Labute approximate surface area is 107 Å². The maximum atomic E-state index is 13.6. The van der Waals surface area contributed by atoms with Gasteiger partial charge >= 0.3 is 0 Å². The van der Waals surface area contributed by atoms with Crippen LogP contribution in [0.25, 0.3) is 0 Å². The molecule has 0 radical (unpaired) electrons. The predicted molar refractivity (Wildman–Crippen MR) is 63.3 cm³/mol. The first-order valence-corrected chi connectivity index (χ1v) is 6.41. The number of nitrogens with one attached hydrogen (secondary N) is 1. The van der Waals surface area contributed by atoms with Crippen LogP contribution in [0.2, 0.25) is 0 Å². The summed E-state index contributed by atoms with van der Waals surface area (Å²) >= 11 is 2.69. The van der Waals surface area contributed by atoms with E-state index in [0.29, 0.717) is 6.42 Å². The minimum Gasteiger partial charge on any atom is -0.316 e. The standard InChI is InChI=1S/C12H13BrF3N/c13-10-9(14)5-8(11(15)12(10)16)4-7-2-1-3-17-6-7/h5,7,17H,1-4,6H2. The lowest BCUT2D eigenvalue weighted by molar-refractivity contribution is 0.368. The Balaban J connectivity index is 2.20. The molecule has 2 rings (SSSR count). The summed E-state index contributed by atoms with van der Waals surface area (Å²) in [6.07, 6.45) is 2.36. The van der Waals surface area contributed by atoms with Gasteiger partial charge in [0.05, 0.1) is 4.47 Å². The zero-order valence-corrected chi connectivity index (χ0v) is 10.8. The average molecular weight is 308 g/mol. The van der Waals surface area contributed by atoms with Crippen molar-refractivity contribution in [2.75, 3.05) is 13.1 Å². The van der Waals surface area contributed by atoms with Gasteiger partial charge in [-0.15, -0.1) is 0 Å². The molecule has 0 spiro atoms. The van der Waals surface area contributed by atoms with E-state index in [0.717, 1.165) is 32.0 Å². The van der Waals surface area contributed by atoms with E-state index < -0.39 is 21.9 Å². The van der Waals surface area contributed by atoms with Gasteiger partial charge in [-0.25, -0.2) is 13.2 Å². The summed E-state index contributed by atoms with van der Waals surface area (Å²) in [6.45, 7) is 1.74. The fourth-order valence-electron chi connectivity index (χ4n) is 2.18. The highest BCUT2D eigenvalue weighted by atomic mass is 79.9. The predicted octanol–water partition coefficient (Wildman–Crippen LogP) is 3.41. The molecule has 0 amide bonds. The topological polar surface area (TPSA) is 12.0 Å². The van der Waals surface area contributed by atoms with Crippen LogP contribution in [0.5, 0.6) is 0 Å². The maximum absolute atomic E-state index is 13.6. The van der Waals surface area contributed by atoms with Crippen LogP contribution in [0.1, 0.15) is 18.4 Å². The molecule has 5 heteroatoms. The molecule has 1 atom stereocenters. The molecule has 1 aromatic rings. The molecule has 1 aromatic carbocycles. The van der Waals surface area contributed by atoms with Crippen molar-refractivity contribution in [3.8, 4) is 0 Å². The summed E-state index contributed by atoms with van der Waals surface area (Å²) in [7, 11) is 0. The molecular weight excluding hydrogens is 295 g/mol. The quantitative estimate of drug-likeness (QED) is 0.652. The van der Waals surface area contributed by atoms with Gasteiger partial charge in [-0.3, -0.25) is 0 Å². The number of piperidine rings is 1. The molecule has 1 heterocycles. The highest BCUT2D eigenvalue weighted by molar-refractivity contribution is 9.10. The zero-order valence-electron chi connectivity index (χ0n) is 9.20. The summed E-state index contributed by atoms with van der Waals surface area (Å²) in [5.41, 5.74) is 0.122. The van der Waals surface area contributed by atoms with Crippen molar-refractivity contribution in [1.29, 1.82) is 0 Å². The van der Waals surface area contributed by atoms with Crippen molar-refractivity contribution in [2.24, 2.45) is 5.92 Å². The third-order valence-corrected chi connectivity index (χ3v) is 3.81. The Hall–Kier alpha value is -0.550. The SMILES string of the molecule is Fc1cc(CC2CCCNC2)c(F)c(F)c1Br. The maximum Gasteiger partial charge on any atom is 0.176 e. The van der Waals surface area contributed by atoms with Gasteiger partial charge in [0.25, 0.3) is 0 Å². The molecule has 1 fully saturated rings. The fraction of sp³-hybridized carbons (Fsp3) is 0.500. The average Bonchev–Trinajstić information content (AvgIpc) is 2.35. The highest BCUT2D eigenvalue weighted by Crippen LogP contribution is 2.27. The lowest BCUT2D eigenvalue weighted by Crippen LogP contribution is -2.31. The van der Waals surface area contributed by atoms with E-state index in [1.54, 1.807) is 0 Å². The largest absolute Gasteiger partial charge is 0.316 e. The Morgan fingerprint density at radius 1 is 1.29 bits per heavy atom. The van der Waals surface area contributed by atoms with Gasteiger partial charge in [-0.05, 0) is 65.8 Å². The third kappa shape index (κ3) is 2.83. The summed E-state index contributed by atoms with van der Waals surface area (Å²) in [5, 5.41) is 3.20. The Morgan fingerprint density at radius 2 is 2.06 bits per heavy atom. The van der Waals surface area contributed by atoms with Crippen LogP contribution in [0.15, 0.2) is 10.5 Å². The van der Waals surface area contributed by atoms with Gasteiger partial charge in [0.1, 0.15) is 5.82 Å². The van der Waals surface area contributed by atoms with E-state index in [9.17, 15) is 13.2 Å². The number of benzene rings is 1. The molecule has 0 aromatic heterocycles. The molecule has 94 valence electrons. The first kappa shape index (κ1) is 12.9. The van der Waals surface area contributed by atoms with Gasteiger partial charge in [0, 0.05) is 0 Å². The van der Waals surface area contributed by atoms with E-state index >= 15 is 0 Å². The van der Waals surface area contributed by atoms with Crippen LogP contribution in [-0.4, -0.2) is 13.1 Å². The summed E-state index contributed by atoms with van der Waals surface area (Å²) < 4.78 is 39.8. The van der Waals surface area contributed by atoms with Crippen LogP contribution in [0, 0.1) is 23.4 Å². The summed E-state index contributed by atoms with van der Waals surface area (Å²) in [6, 6.07) is 1.08. The normalized spacial score (nSPS) is 20.6. The molecule has 1 aliphatic rings. The summed E-state index contributed by atoms with van der Waals surface area (Å²) in [4.78, 5) is 0. The molecule has 0 bridgehead atoms. The number of halogens is 4. The molecule has 17 heavy (non-hydrogen) atoms. The minimum atomic E-state index is -1.14. The van der Waals surface area contributed by atoms with Crippen LogP contribution < -0.4 is 5.32 Å². The Kier molecular flexibility index (Phi) is 4.09. The third-order valence-electron chi connectivity index (χ3n) is 3.09. The van der Waals surface area contributed by atoms with Crippen molar-refractivity contribution in [1.82, 2.24) is 5.32 Å². The van der Waals surface area contributed by atoms with Crippen molar-refractivity contribution in [3.05, 3.63) is 33.6 Å². The first-order valence-electron chi connectivity index (χ1n) is 5.62. The monoisotopic (exact) mass is 307 g/mol. The van der Waals surface area contributed by atoms with Gasteiger partial charge < -0.3 is 5.32 Å². The second-order valence-corrected chi connectivity index (χ2v) is 5.17. The van der Waals surface area contributed by atoms with Crippen molar-refractivity contribution < 1.29 is 13.2 Å². The highest BCUT2D eigenvalue weighted by Gasteiger charge is 2.20. The van der Waals surface area contributed by atoms with E-state index in [4.69, 9.17) is 0 Å². The second-order valence-electron chi connectivity index (χ2n) is 4.38. The lowest BCUT2D eigenvalue weighted by Gasteiger charge is -2.23. The lowest BCUT2D eigenvalue weighted by atomic mass is 9.92. The fourth-order valence-corrected chi connectivity index (χ4v) is 2.47. The van der Waals surface area contributed by atoms with E-state index in [2.05, 4.69) is 21.2 Å². The first-order chi connectivity index (χ1) is 8.09. The van der Waals surface area contributed by atoms with Crippen molar-refractivity contribution >= 4 is 15.9 Å². The number of rotatable bonds is 2. The molecule has 0 aliphatic carbocycles. The number of hydrogen-bond acceptors (Lipinski definition) is 1. The van der Waals surface area contributed by atoms with Crippen molar-refractivity contribution in [2.45, 2.75) is 19.3 Å². The molecule has 1 nitrogen and oxygen atoms in total. The Bertz CT molecular complexity index is 417. The zero-order chi connectivity index (χ0) is 12.4. The Morgan fingerprint density at radius 3 is 2.71 bits per heavy atom. The molecule has 1 aliphatic heterocycles. The minimum absolute atomic E-state index is 0.122. The number of hydrogen-bond donors (Lipinski definition) is 1. The van der Waals surface area contributed by atoms with Crippen LogP contribution in [-0.2, 0) is 6.42 Å². The van der Waals surface area contributed by atoms with Crippen molar-refractivity contribution in [3.63, 3.8) is 0 Å². The van der Waals surface area contributed by atoms with Gasteiger partial charge in [0.15, 0.2) is 11.6 Å². The van der Waals surface area contributed by atoms with E-state index in [1.165, 1.54) is 0 Å². The van der Waals surface area contributed by atoms with E-state index in [-0.39, 0.29) is 11.5 Å². The van der Waals surface area contributed by atoms with Crippen LogP contribution in [0.3, 0.4) is 0 Å². The molecule has 0 saturated carbocycles. The van der Waals surface area contributed by atoms with Gasteiger partial charge in [-0.1, -0.05) is 0 Å². The molecule has 1 unspecified atom stereocenters. The van der Waals surface area contributed by atoms with Gasteiger partial charge in [0.2, 0.25) is 0 Å². The van der Waals surface area contributed by atoms with Crippen LogP contribution >= 0.6 is 15.9 Å². The molecular formula is C12H13BrF3N. The van der Waals surface area contributed by atoms with E-state index in [1.807, 2.05) is 0 Å². The van der Waals surface area contributed by atoms with Crippen LogP contribution in [0.4, 0.5) is 13.2 Å².